The summed E-state index contributed by atoms with van der Waals surface area (Å²) in [5.74, 6) is -13.4. The van der Waals surface area contributed by atoms with Crippen LogP contribution < -0.4 is 0 Å². The van der Waals surface area contributed by atoms with E-state index in [4.69, 9.17) is 0 Å². The summed E-state index contributed by atoms with van der Waals surface area (Å²) in [5.41, 5.74) is 0. The first kappa shape index (κ1) is 18.7. The molecule has 0 N–H and O–H groups in total. The van der Waals surface area contributed by atoms with Gasteiger partial charge >= 0.3 is 23.3 Å². The number of hydrogen-bond donors (Lipinski definition) is 0. The molecule has 2 nitrogen and oxygen atoms in total. The molecule has 12 heteroatoms. The average Bonchev–Trinajstić information content (AvgIpc) is 2.30. The van der Waals surface area contributed by atoms with Crippen LogP contribution in [-0.4, -0.2) is 65.7 Å². The highest BCUT2D eigenvalue weighted by Crippen LogP contribution is 2.57. The van der Waals surface area contributed by atoms with Gasteiger partial charge in [-0.05, 0) is 7.05 Å². The fourth-order valence-corrected chi connectivity index (χ4v) is 2.37. The first-order chi connectivity index (χ1) is 9.22. The van der Waals surface area contributed by atoms with Gasteiger partial charge in [0.2, 0.25) is 0 Å². The lowest BCUT2D eigenvalue weighted by molar-refractivity contribution is -0.381. The fraction of sp³-hybridized carbons (Fsp3) is 1.00. The second-order valence-corrected chi connectivity index (χ2v) is 5.70. The number of likely N-dealkylation sites (N-methyl/N-ethyl adjacent to an activating group) is 1. The van der Waals surface area contributed by atoms with Crippen molar-refractivity contribution in [2.24, 2.45) is 0 Å². The van der Waals surface area contributed by atoms with Crippen molar-refractivity contribution >= 4 is 11.9 Å². The lowest BCUT2D eigenvalue weighted by Crippen LogP contribution is -2.60. The number of nitrogens with zero attached hydrogens (tertiary/aromatic N) is 2. The number of hydrogen-bond acceptors (Lipinski definition) is 3. The summed E-state index contributed by atoms with van der Waals surface area (Å²) in [7, 11) is 1.62. The van der Waals surface area contributed by atoms with Crippen LogP contribution in [-0.2, 0) is 0 Å². The maximum absolute atomic E-state index is 13.3. The van der Waals surface area contributed by atoms with Crippen molar-refractivity contribution in [3.63, 3.8) is 0 Å². The smallest absolute Gasteiger partial charge is 0.304 e. The number of rotatable bonds is 4. The summed E-state index contributed by atoms with van der Waals surface area (Å²) in [6, 6.07) is 0. The van der Waals surface area contributed by atoms with E-state index >= 15 is 0 Å². The highest BCUT2D eigenvalue weighted by atomic mass is 32.2. The maximum Gasteiger partial charge on any atom is 0.460 e. The molecule has 0 aromatic rings. The molecule has 0 spiro atoms. The summed E-state index contributed by atoms with van der Waals surface area (Å²) in [6.07, 6.45) is -6.78. The van der Waals surface area contributed by atoms with Crippen LogP contribution in [0.15, 0.2) is 0 Å². The molecule has 1 aliphatic rings. The Morgan fingerprint density at radius 3 is 1.52 bits per heavy atom. The van der Waals surface area contributed by atoms with Crippen LogP contribution >= 0.6 is 11.9 Å². The van der Waals surface area contributed by atoms with E-state index in [1.807, 2.05) is 0 Å². The molecule has 1 heterocycles. The quantitative estimate of drug-likeness (QED) is 0.567. The van der Waals surface area contributed by atoms with Crippen molar-refractivity contribution in [2.75, 3.05) is 33.2 Å². The lowest BCUT2D eigenvalue weighted by Gasteiger charge is -2.37. The second kappa shape index (κ2) is 5.69. The summed E-state index contributed by atoms with van der Waals surface area (Å²) in [5, 5.41) is -5.60. The zero-order valence-corrected chi connectivity index (χ0v) is 11.3. The van der Waals surface area contributed by atoms with Gasteiger partial charge in [0.05, 0.1) is 0 Å². The van der Waals surface area contributed by atoms with Crippen molar-refractivity contribution in [1.29, 1.82) is 0 Å². The Balaban J connectivity index is 2.89. The van der Waals surface area contributed by atoms with Crippen LogP contribution in [0.1, 0.15) is 0 Å². The van der Waals surface area contributed by atoms with Crippen LogP contribution in [0, 0.1) is 0 Å². The fourth-order valence-electron chi connectivity index (χ4n) is 1.46. The van der Waals surface area contributed by atoms with Gasteiger partial charge in [-0.3, -0.25) is 0 Å². The summed E-state index contributed by atoms with van der Waals surface area (Å²) >= 11 is -0.982. The van der Waals surface area contributed by atoms with Crippen molar-refractivity contribution in [1.82, 2.24) is 9.21 Å². The molecule has 1 aliphatic heterocycles. The van der Waals surface area contributed by atoms with E-state index in [0.717, 1.165) is 0 Å². The average molecular weight is 350 g/mol. The van der Waals surface area contributed by atoms with E-state index in [0.29, 0.717) is 4.31 Å². The van der Waals surface area contributed by atoms with Gasteiger partial charge in [0.1, 0.15) is 0 Å². The zero-order valence-electron chi connectivity index (χ0n) is 10.5. The molecule has 126 valence electrons. The van der Waals surface area contributed by atoms with Crippen molar-refractivity contribution in [3.8, 4) is 0 Å². The zero-order chi connectivity index (χ0) is 16.7. The Labute approximate surface area is 118 Å². The molecular weight excluding hydrogens is 339 g/mol. The maximum atomic E-state index is 13.3. The summed E-state index contributed by atoms with van der Waals surface area (Å²) < 4.78 is 114. The molecule has 0 amide bonds. The molecule has 0 aromatic heterocycles. The van der Waals surface area contributed by atoms with Crippen molar-refractivity contribution < 1.29 is 39.5 Å². The largest absolute Gasteiger partial charge is 0.460 e. The van der Waals surface area contributed by atoms with Gasteiger partial charge in [-0.2, -0.15) is 39.5 Å². The monoisotopic (exact) mass is 350 g/mol. The third-order valence-corrected chi connectivity index (χ3v) is 3.93. The van der Waals surface area contributed by atoms with Crippen molar-refractivity contribution in [3.05, 3.63) is 0 Å². The predicted octanol–water partition coefficient (Wildman–Crippen LogP) is 3.31. The topological polar surface area (TPSA) is 6.48 Å². The van der Waals surface area contributed by atoms with E-state index in [1.54, 1.807) is 11.9 Å². The molecule has 0 radical (unpaired) electrons. The molecule has 21 heavy (non-hydrogen) atoms. The van der Waals surface area contributed by atoms with Gasteiger partial charge in [-0.1, -0.05) is 0 Å². The summed E-state index contributed by atoms with van der Waals surface area (Å²) in [4.78, 5) is 1.66. The summed E-state index contributed by atoms with van der Waals surface area (Å²) in [6.45, 7) is 0.0729. The minimum absolute atomic E-state index is 0.162. The van der Waals surface area contributed by atoms with Gasteiger partial charge in [0.25, 0.3) is 0 Å². The van der Waals surface area contributed by atoms with E-state index in [9.17, 15) is 39.5 Å². The number of alkyl halides is 9. The van der Waals surface area contributed by atoms with Crippen LogP contribution in [0.2, 0.25) is 0 Å². The lowest BCUT2D eigenvalue weighted by atomic mass is 10.1. The van der Waals surface area contributed by atoms with Gasteiger partial charge in [-0.15, -0.1) is 0 Å². The minimum Gasteiger partial charge on any atom is -0.304 e. The van der Waals surface area contributed by atoms with Gasteiger partial charge < -0.3 is 4.90 Å². The van der Waals surface area contributed by atoms with Crippen LogP contribution in [0.5, 0.6) is 0 Å². The van der Waals surface area contributed by atoms with E-state index in [2.05, 4.69) is 0 Å². The molecular formula is C9H11F9N2S. The molecule has 0 atom stereocenters. The molecule has 0 unspecified atom stereocenters. The molecule has 1 rings (SSSR count). The number of halogens is 9. The predicted molar refractivity (Wildman–Crippen MR) is 57.6 cm³/mol. The van der Waals surface area contributed by atoms with Gasteiger partial charge in [-0.25, -0.2) is 4.31 Å². The highest BCUT2D eigenvalue weighted by Gasteiger charge is 2.82. The molecule has 0 aromatic carbocycles. The van der Waals surface area contributed by atoms with Crippen LogP contribution in [0.25, 0.3) is 0 Å². The van der Waals surface area contributed by atoms with E-state index in [-0.39, 0.29) is 26.2 Å². The molecule has 0 bridgehead atoms. The van der Waals surface area contributed by atoms with Crippen LogP contribution in [0.3, 0.4) is 0 Å². The standard InChI is InChI=1S/C9H11F9N2S/c1-19-2-4-20(5-3-19)21-9(17,18)7(12,13)6(10,11)8(14,15)16/h2-5H2,1H3. The first-order valence-electron chi connectivity index (χ1n) is 5.55. The molecule has 0 aliphatic carbocycles. The Morgan fingerprint density at radius 2 is 1.14 bits per heavy atom. The SMILES string of the molecule is CN1CCN(SC(F)(F)C(F)(F)C(F)(F)C(F)(F)F)CC1. The van der Waals surface area contributed by atoms with E-state index in [1.165, 1.54) is 0 Å². The van der Waals surface area contributed by atoms with E-state index < -0.39 is 35.2 Å². The molecule has 0 saturated carbocycles. The number of piperazine rings is 1. The Bertz CT molecular complexity index is 363. The molecule has 1 fully saturated rings. The van der Waals surface area contributed by atoms with Crippen molar-refractivity contribution in [2.45, 2.75) is 23.3 Å². The Hall–Kier alpha value is -0.360. The van der Waals surface area contributed by atoms with Gasteiger partial charge in [0.15, 0.2) is 0 Å². The Kier molecular flexibility index (Phi) is 5.06. The second-order valence-electron chi connectivity index (χ2n) is 4.49. The third kappa shape index (κ3) is 3.52. The Morgan fingerprint density at radius 1 is 0.714 bits per heavy atom. The third-order valence-electron chi connectivity index (χ3n) is 2.82. The first-order valence-corrected chi connectivity index (χ1v) is 6.32. The van der Waals surface area contributed by atoms with Crippen LogP contribution in [0.4, 0.5) is 39.5 Å². The minimum atomic E-state index is -6.83. The van der Waals surface area contributed by atoms with Gasteiger partial charge in [0, 0.05) is 38.1 Å². The highest BCUT2D eigenvalue weighted by molar-refractivity contribution is 7.98. The molecule has 1 saturated heterocycles. The normalized spacial score (nSPS) is 20.9.